The number of aromatic nitrogens is 6. The summed E-state index contributed by atoms with van der Waals surface area (Å²) < 4.78 is 18.0. The van der Waals surface area contributed by atoms with Crippen LogP contribution in [-0.2, 0) is 20.0 Å². The number of amides is 1. The summed E-state index contributed by atoms with van der Waals surface area (Å²) in [6, 6.07) is 3.46. The van der Waals surface area contributed by atoms with Gasteiger partial charge in [0.25, 0.3) is 5.91 Å². The highest BCUT2D eigenvalue weighted by Gasteiger charge is 2.52. The molecule has 2 fully saturated rings. The second kappa shape index (κ2) is 6.60. The van der Waals surface area contributed by atoms with E-state index in [0.29, 0.717) is 16.8 Å². The van der Waals surface area contributed by atoms with Crippen LogP contribution in [0.1, 0.15) is 52.7 Å². The van der Waals surface area contributed by atoms with Crippen molar-refractivity contribution in [1.29, 1.82) is 0 Å². The Labute approximate surface area is 178 Å². The van der Waals surface area contributed by atoms with Crippen LogP contribution in [0, 0.1) is 11.4 Å². The molecule has 4 heterocycles. The van der Waals surface area contributed by atoms with Gasteiger partial charge in [-0.1, -0.05) is 5.21 Å². The van der Waals surface area contributed by atoms with Gasteiger partial charge in [0.05, 0.1) is 30.8 Å². The number of fused-ring (bicyclic) bond motifs is 1. The third-order valence-electron chi connectivity index (χ3n) is 6.75. The van der Waals surface area contributed by atoms with Crippen LogP contribution < -0.4 is 10.2 Å². The Morgan fingerprint density at radius 3 is 2.94 bits per heavy atom. The molecule has 2 aliphatic carbocycles. The molecule has 9 nitrogen and oxygen atoms in total. The van der Waals surface area contributed by atoms with Crippen molar-refractivity contribution in [1.82, 2.24) is 34.8 Å². The molecule has 3 aromatic rings. The Morgan fingerprint density at radius 2 is 2.16 bits per heavy atom. The van der Waals surface area contributed by atoms with E-state index in [4.69, 9.17) is 0 Å². The number of nitrogens with zero attached hydrogens (tertiary/aromatic N) is 7. The van der Waals surface area contributed by atoms with Gasteiger partial charge in [0.2, 0.25) is 5.95 Å². The number of anilines is 1. The highest BCUT2D eigenvalue weighted by Crippen LogP contribution is 2.53. The summed E-state index contributed by atoms with van der Waals surface area (Å²) in [6.07, 6.45) is 7.53. The normalized spacial score (nSPS) is 20.6. The van der Waals surface area contributed by atoms with Gasteiger partial charge in [-0.25, -0.2) is 14.6 Å². The zero-order chi connectivity index (χ0) is 21.2. The molecule has 3 aliphatic rings. The minimum Gasteiger partial charge on any atom is -0.355 e. The molecule has 1 amide bonds. The number of rotatable bonds is 5. The van der Waals surface area contributed by atoms with Crippen molar-refractivity contribution in [3.8, 4) is 0 Å². The molecule has 1 saturated heterocycles. The van der Waals surface area contributed by atoms with Crippen LogP contribution in [0.2, 0.25) is 0 Å². The van der Waals surface area contributed by atoms with Gasteiger partial charge in [0.15, 0.2) is 5.69 Å². The summed E-state index contributed by atoms with van der Waals surface area (Å²) >= 11 is 0. The van der Waals surface area contributed by atoms with E-state index >= 15 is 0 Å². The third-order valence-corrected chi connectivity index (χ3v) is 6.75. The smallest absolute Gasteiger partial charge is 0.274 e. The third kappa shape index (κ3) is 3.17. The molecule has 1 aliphatic heterocycles. The fraction of sp³-hybridized carbons (Fsp3) is 0.476. The Morgan fingerprint density at radius 1 is 1.32 bits per heavy atom. The van der Waals surface area contributed by atoms with E-state index in [1.807, 2.05) is 17.7 Å². The standard InChI is InChI=1S/C21H23FN8O/c1-28-12-23-18-14(3-4-16(18)28)24-20(31)15-9-30(27-26-15)8-13-2-5-17(25-19(13)22)29-10-21(11-29)6-7-21/h2,5,9,12,14H,3-4,6-8,10-11H2,1H3,(H,24,31)/t14-/m1/s1. The monoisotopic (exact) mass is 422 g/mol. The fourth-order valence-corrected chi connectivity index (χ4v) is 4.68. The Balaban J connectivity index is 1.11. The van der Waals surface area contributed by atoms with Crippen molar-refractivity contribution in [3.05, 3.63) is 53.2 Å². The minimum atomic E-state index is -0.510. The van der Waals surface area contributed by atoms with E-state index < -0.39 is 5.95 Å². The number of halogens is 1. The van der Waals surface area contributed by atoms with E-state index in [1.54, 1.807) is 12.4 Å². The molecule has 1 spiro atoms. The maximum atomic E-state index is 14.6. The first kappa shape index (κ1) is 18.5. The molecule has 0 bridgehead atoms. The largest absolute Gasteiger partial charge is 0.355 e. The van der Waals surface area contributed by atoms with Crippen molar-refractivity contribution in [2.24, 2.45) is 12.5 Å². The first-order valence-electron chi connectivity index (χ1n) is 10.6. The second-order valence-electron chi connectivity index (χ2n) is 9.03. The number of pyridine rings is 1. The summed E-state index contributed by atoms with van der Waals surface area (Å²) in [5.41, 5.74) is 3.16. The van der Waals surface area contributed by atoms with Crippen LogP contribution in [0.3, 0.4) is 0 Å². The van der Waals surface area contributed by atoms with Crippen molar-refractivity contribution in [2.75, 3.05) is 18.0 Å². The van der Waals surface area contributed by atoms with Gasteiger partial charge in [-0.15, -0.1) is 5.10 Å². The van der Waals surface area contributed by atoms with E-state index in [2.05, 4.69) is 30.5 Å². The molecule has 6 rings (SSSR count). The van der Waals surface area contributed by atoms with Crippen LogP contribution in [0.25, 0.3) is 0 Å². The van der Waals surface area contributed by atoms with Crippen LogP contribution in [-0.4, -0.2) is 48.5 Å². The molecule has 3 aromatic heterocycles. The van der Waals surface area contributed by atoms with Crippen molar-refractivity contribution in [3.63, 3.8) is 0 Å². The van der Waals surface area contributed by atoms with Crippen molar-refractivity contribution >= 4 is 11.7 Å². The molecule has 10 heteroatoms. The fourth-order valence-electron chi connectivity index (χ4n) is 4.68. The number of imidazole rings is 1. The lowest BCUT2D eigenvalue weighted by Gasteiger charge is -2.40. The second-order valence-corrected chi connectivity index (χ2v) is 9.03. The molecule has 0 aromatic carbocycles. The quantitative estimate of drug-likeness (QED) is 0.628. The van der Waals surface area contributed by atoms with Crippen LogP contribution in [0.15, 0.2) is 24.7 Å². The lowest BCUT2D eigenvalue weighted by atomic mass is 9.97. The SMILES string of the molecule is Cn1cnc2c1CC[C@H]2NC(=O)c1cn(Cc2ccc(N3CC4(CC4)C3)nc2F)nn1. The van der Waals surface area contributed by atoms with Gasteiger partial charge < -0.3 is 14.8 Å². The van der Waals surface area contributed by atoms with Gasteiger partial charge in [-0.3, -0.25) is 4.79 Å². The summed E-state index contributed by atoms with van der Waals surface area (Å²) in [5, 5.41) is 10.9. The molecule has 160 valence electrons. The van der Waals surface area contributed by atoms with Crippen molar-refractivity contribution in [2.45, 2.75) is 38.3 Å². The van der Waals surface area contributed by atoms with Crippen LogP contribution in [0.4, 0.5) is 10.2 Å². The first-order chi connectivity index (χ1) is 15.0. The molecule has 0 radical (unpaired) electrons. The Hall–Kier alpha value is -3.30. The average Bonchev–Trinajstić information content (AvgIpc) is 3.04. The highest BCUT2D eigenvalue weighted by molar-refractivity contribution is 5.92. The summed E-state index contributed by atoms with van der Waals surface area (Å²) in [7, 11) is 1.95. The lowest BCUT2D eigenvalue weighted by Crippen LogP contribution is -2.48. The number of hydrogen-bond acceptors (Lipinski definition) is 6. The molecule has 1 atom stereocenters. The summed E-state index contributed by atoms with van der Waals surface area (Å²) in [4.78, 5) is 23.3. The number of carbonyl (C=O) groups is 1. The van der Waals surface area contributed by atoms with E-state index in [0.717, 1.165) is 37.3 Å². The zero-order valence-corrected chi connectivity index (χ0v) is 17.3. The number of aryl methyl sites for hydroxylation is 1. The number of carbonyl (C=O) groups excluding carboxylic acids is 1. The predicted molar refractivity (Wildman–Crippen MR) is 109 cm³/mol. The Kier molecular flexibility index (Phi) is 3.93. The number of nitrogens with one attached hydrogen (secondary N) is 1. The summed E-state index contributed by atoms with van der Waals surface area (Å²) in [6.45, 7) is 2.11. The van der Waals surface area contributed by atoms with Crippen LogP contribution in [0.5, 0.6) is 0 Å². The Bertz CT molecular complexity index is 1170. The van der Waals surface area contributed by atoms with E-state index in [-0.39, 0.29) is 24.2 Å². The van der Waals surface area contributed by atoms with Gasteiger partial charge in [-0.2, -0.15) is 4.39 Å². The van der Waals surface area contributed by atoms with E-state index in [1.165, 1.54) is 23.7 Å². The van der Waals surface area contributed by atoms with Crippen LogP contribution >= 0.6 is 0 Å². The molecular formula is C21H23FN8O. The van der Waals surface area contributed by atoms with Gasteiger partial charge in [-0.05, 0) is 37.8 Å². The molecule has 31 heavy (non-hydrogen) atoms. The number of hydrogen-bond donors (Lipinski definition) is 1. The first-order valence-corrected chi connectivity index (χ1v) is 10.6. The average molecular weight is 422 g/mol. The predicted octanol–water partition coefficient (Wildman–Crippen LogP) is 1.61. The van der Waals surface area contributed by atoms with Gasteiger partial charge >= 0.3 is 0 Å². The molecular weight excluding hydrogens is 399 g/mol. The molecule has 0 unspecified atom stereocenters. The highest BCUT2D eigenvalue weighted by atomic mass is 19.1. The van der Waals surface area contributed by atoms with E-state index in [9.17, 15) is 9.18 Å². The minimum absolute atomic E-state index is 0.126. The maximum absolute atomic E-state index is 14.6. The van der Waals surface area contributed by atoms with Gasteiger partial charge in [0, 0.05) is 36.8 Å². The zero-order valence-electron chi connectivity index (χ0n) is 17.3. The summed E-state index contributed by atoms with van der Waals surface area (Å²) in [5.74, 6) is -0.136. The molecule has 1 N–H and O–H groups in total. The lowest BCUT2D eigenvalue weighted by molar-refractivity contribution is 0.0931. The van der Waals surface area contributed by atoms with Gasteiger partial charge in [0.1, 0.15) is 5.82 Å². The topological polar surface area (TPSA) is 93.8 Å². The molecule has 1 saturated carbocycles. The maximum Gasteiger partial charge on any atom is 0.274 e. The van der Waals surface area contributed by atoms with Crippen molar-refractivity contribution < 1.29 is 9.18 Å².